The molecule has 5 heteroatoms. The first-order valence-electron chi connectivity index (χ1n) is 3.91. The minimum atomic E-state index is -0.577. The second kappa shape index (κ2) is 6.87. The predicted octanol–water partition coefficient (Wildman–Crippen LogP) is -1.08. The van der Waals surface area contributed by atoms with Gasteiger partial charge in [0.15, 0.2) is 5.96 Å². The van der Waals surface area contributed by atoms with Gasteiger partial charge in [-0.25, -0.2) is 0 Å². The Kier molecular flexibility index (Phi) is 6.41. The number of hydrogen-bond acceptors (Lipinski definition) is 3. The Morgan fingerprint density at radius 2 is 2.42 bits per heavy atom. The first-order chi connectivity index (χ1) is 5.70. The zero-order chi connectivity index (χ0) is 9.40. The number of aliphatic imine (C=N–C) groups is 1. The first-order valence-corrected chi connectivity index (χ1v) is 3.91. The van der Waals surface area contributed by atoms with Crippen LogP contribution >= 0.6 is 0 Å². The lowest BCUT2D eigenvalue weighted by molar-refractivity contribution is 0.0704. The van der Waals surface area contributed by atoms with E-state index in [4.69, 9.17) is 15.6 Å². The molecule has 0 aromatic rings. The van der Waals surface area contributed by atoms with Crippen LogP contribution in [0.25, 0.3) is 0 Å². The Hall–Kier alpha value is -0.810. The summed E-state index contributed by atoms with van der Waals surface area (Å²) in [5.74, 6) is 0.354. The Bertz CT molecular complexity index is 139. The molecule has 0 saturated carbocycles. The minimum Gasteiger partial charge on any atom is -0.389 e. The summed E-state index contributed by atoms with van der Waals surface area (Å²) in [5.41, 5.74) is 5.42. The summed E-state index contributed by atoms with van der Waals surface area (Å²) in [6.07, 6.45) is -0.577. The van der Waals surface area contributed by atoms with E-state index >= 15 is 0 Å². The Morgan fingerprint density at radius 3 is 2.92 bits per heavy atom. The molecule has 0 spiro atoms. The van der Waals surface area contributed by atoms with Crippen molar-refractivity contribution in [3.05, 3.63) is 0 Å². The first kappa shape index (κ1) is 11.2. The molecule has 0 aromatic carbocycles. The second-order valence-corrected chi connectivity index (χ2v) is 2.37. The molecular weight excluding hydrogens is 158 g/mol. The molecule has 0 aliphatic heterocycles. The van der Waals surface area contributed by atoms with Crippen LogP contribution in [0.15, 0.2) is 4.99 Å². The highest BCUT2D eigenvalue weighted by atomic mass is 16.5. The lowest BCUT2D eigenvalue weighted by Crippen LogP contribution is -2.32. The van der Waals surface area contributed by atoms with Crippen molar-refractivity contribution >= 4 is 5.96 Å². The maximum Gasteiger partial charge on any atom is 0.188 e. The number of aliphatic hydroxyl groups is 1. The third-order valence-corrected chi connectivity index (χ3v) is 1.19. The van der Waals surface area contributed by atoms with E-state index in [1.165, 1.54) is 7.11 Å². The smallest absolute Gasteiger partial charge is 0.188 e. The summed E-state index contributed by atoms with van der Waals surface area (Å²) in [6, 6.07) is 0. The van der Waals surface area contributed by atoms with Gasteiger partial charge in [-0.15, -0.1) is 0 Å². The molecule has 72 valence electrons. The van der Waals surface area contributed by atoms with Crippen molar-refractivity contribution in [2.75, 3.05) is 26.8 Å². The van der Waals surface area contributed by atoms with Gasteiger partial charge in [-0.1, -0.05) is 0 Å². The number of nitrogens with two attached hydrogens (primary N) is 1. The summed E-state index contributed by atoms with van der Waals surface area (Å²) in [5, 5.41) is 12.0. The van der Waals surface area contributed by atoms with Gasteiger partial charge in [-0.3, -0.25) is 4.99 Å². The number of nitrogens with one attached hydrogen (secondary N) is 1. The molecule has 0 amide bonds. The average molecular weight is 175 g/mol. The molecule has 0 saturated heterocycles. The largest absolute Gasteiger partial charge is 0.389 e. The van der Waals surface area contributed by atoms with Crippen molar-refractivity contribution < 1.29 is 9.84 Å². The van der Waals surface area contributed by atoms with Crippen LogP contribution in [0.2, 0.25) is 0 Å². The highest BCUT2D eigenvalue weighted by molar-refractivity contribution is 5.77. The van der Waals surface area contributed by atoms with E-state index in [1.807, 2.05) is 6.92 Å². The fourth-order valence-corrected chi connectivity index (χ4v) is 0.686. The lowest BCUT2D eigenvalue weighted by Gasteiger charge is -2.06. The van der Waals surface area contributed by atoms with Crippen LogP contribution in [-0.2, 0) is 4.74 Å². The predicted molar refractivity (Wildman–Crippen MR) is 48.0 cm³/mol. The van der Waals surface area contributed by atoms with E-state index in [1.54, 1.807) is 0 Å². The van der Waals surface area contributed by atoms with Gasteiger partial charge >= 0.3 is 0 Å². The number of methoxy groups -OCH3 is 1. The third kappa shape index (κ3) is 5.94. The molecule has 0 fully saturated rings. The summed E-state index contributed by atoms with van der Waals surface area (Å²) in [4.78, 5) is 3.89. The molecule has 0 radical (unpaired) electrons. The Labute approximate surface area is 72.6 Å². The molecular formula is C7H17N3O2. The molecule has 0 aromatic heterocycles. The molecule has 1 atom stereocenters. The number of nitrogens with zero attached hydrogens (tertiary/aromatic N) is 1. The van der Waals surface area contributed by atoms with Crippen molar-refractivity contribution in [1.29, 1.82) is 0 Å². The van der Waals surface area contributed by atoms with Gasteiger partial charge in [0, 0.05) is 13.7 Å². The van der Waals surface area contributed by atoms with Crippen LogP contribution in [0, 0.1) is 0 Å². The van der Waals surface area contributed by atoms with Crippen LogP contribution in [0.3, 0.4) is 0 Å². The minimum absolute atomic E-state index is 0.271. The number of guanidine groups is 1. The maximum absolute atomic E-state index is 9.15. The third-order valence-electron chi connectivity index (χ3n) is 1.19. The molecule has 0 aliphatic carbocycles. The summed E-state index contributed by atoms with van der Waals surface area (Å²) < 4.78 is 4.72. The van der Waals surface area contributed by atoms with E-state index in [-0.39, 0.29) is 13.2 Å². The number of hydrogen-bond donors (Lipinski definition) is 3. The van der Waals surface area contributed by atoms with E-state index in [9.17, 15) is 0 Å². The van der Waals surface area contributed by atoms with E-state index in [0.717, 1.165) is 6.54 Å². The molecule has 0 rings (SSSR count). The van der Waals surface area contributed by atoms with Gasteiger partial charge in [0.1, 0.15) is 0 Å². The highest BCUT2D eigenvalue weighted by Crippen LogP contribution is 1.84. The molecule has 0 heterocycles. The molecule has 12 heavy (non-hydrogen) atoms. The molecule has 0 aliphatic rings. The van der Waals surface area contributed by atoms with Gasteiger partial charge in [-0.05, 0) is 6.92 Å². The van der Waals surface area contributed by atoms with Gasteiger partial charge in [0.2, 0.25) is 0 Å². The van der Waals surface area contributed by atoms with E-state index in [0.29, 0.717) is 5.96 Å². The standard InChI is InChI=1S/C7H17N3O2/c1-3-9-7(8)10-4-6(11)5-12-2/h6,11H,3-5H2,1-2H3,(H3,8,9,10). The van der Waals surface area contributed by atoms with Crippen LogP contribution in [0.4, 0.5) is 0 Å². The lowest BCUT2D eigenvalue weighted by atomic mass is 10.4. The van der Waals surface area contributed by atoms with Crippen LogP contribution < -0.4 is 11.1 Å². The Balaban J connectivity index is 3.55. The number of aliphatic hydroxyl groups excluding tert-OH is 1. The Morgan fingerprint density at radius 1 is 1.75 bits per heavy atom. The van der Waals surface area contributed by atoms with Gasteiger partial charge in [-0.2, -0.15) is 0 Å². The molecule has 4 N–H and O–H groups in total. The number of ether oxygens (including phenoxy) is 1. The van der Waals surface area contributed by atoms with Gasteiger partial charge in [0.25, 0.3) is 0 Å². The maximum atomic E-state index is 9.15. The fourth-order valence-electron chi connectivity index (χ4n) is 0.686. The van der Waals surface area contributed by atoms with E-state index in [2.05, 4.69) is 10.3 Å². The zero-order valence-electron chi connectivity index (χ0n) is 7.58. The topological polar surface area (TPSA) is 79.9 Å². The zero-order valence-corrected chi connectivity index (χ0v) is 7.58. The van der Waals surface area contributed by atoms with Crippen molar-refractivity contribution in [3.63, 3.8) is 0 Å². The fraction of sp³-hybridized carbons (Fsp3) is 0.857. The average Bonchev–Trinajstić information content (AvgIpc) is 2.02. The number of rotatable bonds is 5. The van der Waals surface area contributed by atoms with Crippen molar-refractivity contribution in [1.82, 2.24) is 5.32 Å². The monoisotopic (exact) mass is 175 g/mol. The van der Waals surface area contributed by atoms with Crippen LogP contribution in [0.1, 0.15) is 6.92 Å². The summed E-state index contributed by atoms with van der Waals surface area (Å²) in [7, 11) is 1.53. The SMILES string of the molecule is CCNC(N)=NCC(O)COC. The molecule has 1 unspecified atom stereocenters. The normalized spacial score (nSPS) is 14.4. The second-order valence-electron chi connectivity index (χ2n) is 2.37. The quantitative estimate of drug-likeness (QED) is 0.367. The molecule has 0 bridgehead atoms. The van der Waals surface area contributed by atoms with Gasteiger partial charge in [0.05, 0.1) is 19.3 Å². The van der Waals surface area contributed by atoms with E-state index < -0.39 is 6.10 Å². The van der Waals surface area contributed by atoms with Crippen molar-refractivity contribution in [2.24, 2.45) is 10.7 Å². The molecule has 5 nitrogen and oxygen atoms in total. The van der Waals surface area contributed by atoms with Gasteiger partial charge < -0.3 is 20.9 Å². The van der Waals surface area contributed by atoms with Crippen LogP contribution in [0.5, 0.6) is 0 Å². The highest BCUT2D eigenvalue weighted by Gasteiger charge is 2.00. The summed E-state index contributed by atoms with van der Waals surface area (Å²) >= 11 is 0. The van der Waals surface area contributed by atoms with Crippen LogP contribution in [-0.4, -0.2) is 44.0 Å². The van der Waals surface area contributed by atoms with Crippen molar-refractivity contribution in [2.45, 2.75) is 13.0 Å². The summed E-state index contributed by atoms with van der Waals surface area (Å²) in [6.45, 7) is 3.21. The van der Waals surface area contributed by atoms with Crippen molar-refractivity contribution in [3.8, 4) is 0 Å².